The number of methoxy groups -OCH3 is 2. The third kappa shape index (κ3) is 4.33. The summed E-state index contributed by atoms with van der Waals surface area (Å²) in [5.41, 5.74) is 1.77. The minimum atomic E-state index is 0.357. The summed E-state index contributed by atoms with van der Waals surface area (Å²) < 4.78 is 34.0. The fourth-order valence-electron chi connectivity index (χ4n) is 3.89. The van der Waals surface area contributed by atoms with E-state index in [-0.39, 0.29) is 0 Å². The molecule has 0 fully saturated rings. The maximum Gasteiger partial charge on any atom is 0.179 e. The Bertz CT molecular complexity index is 1340. The van der Waals surface area contributed by atoms with Crippen LogP contribution in [-0.2, 0) is 0 Å². The highest BCUT2D eigenvalue weighted by Gasteiger charge is 2.22. The zero-order chi connectivity index (χ0) is 25.1. The van der Waals surface area contributed by atoms with E-state index in [1.807, 2.05) is 10.8 Å². The molecule has 0 N–H and O–H groups in total. The summed E-state index contributed by atoms with van der Waals surface area (Å²) in [6.45, 7) is 1.89. The summed E-state index contributed by atoms with van der Waals surface area (Å²) >= 11 is 2.86. The highest BCUT2D eigenvalue weighted by atomic mass is 32.1. The van der Waals surface area contributed by atoms with Gasteiger partial charge in [-0.1, -0.05) is 0 Å². The molecule has 0 amide bonds. The van der Waals surface area contributed by atoms with Crippen molar-refractivity contribution in [2.24, 2.45) is 0 Å². The van der Waals surface area contributed by atoms with Crippen LogP contribution in [0.3, 0.4) is 0 Å². The predicted octanol–water partition coefficient (Wildman–Crippen LogP) is 5.50. The fraction of sp³-hybridized carbons (Fsp3) is 0.231. The molecule has 10 heteroatoms. The third-order valence-electron chi connectivity index (χ3n) is 5.55. The van der Waals surface area contributed by atoms with Crippen molar-refractivity contribution >= 4 is 46.0 Å². The Kier molecular flexibility index (Phi) is 6.72. The molecule has 2 aliphatic heterocycles. The van der Waals surface area contributed by atoms with Crippen molar-refractivity contribution in [3.63, 3.8) is 0 Å². The van der Waals surface area contributed by atoms with Crippen LogP contribution in [0.25, 0.3) is 23.3 Å². The average Bonchev–Trinajstić information content (AvgIpc) is 3.53. The highest BCUT2D eigenvalue weighted by Crippen LogP contribution is 2.44. The Morgan fingerprint density at radius 3 is 1.56 bits per heavy atom. The Hall–Kier alpha value is -4.12. The lowest BCUT2D eigenvalue weighted by Gasteiger charge is -2.16. The van der Waals surface area contributed by atoms with Crippen molar-refractivity contribution in [1.82, 2.24) is 0 Å². The summed E-state index contributed by atoms with van der Waals surface area (Å²) in [4.78, 5) is 1.54. The molecule has 36 heavy (non-hydrogen) atoms. The van der Waals surface area contributed by atoms with Gasteiger partial charge in [0.15, 0.2) is 23.0 Å². The van der Waals surface area contributed by atoms with Crippen molar-refractivity contribution in [2.75, 3.05) is 40.6 Å². The normalized spacial score (nSPS) is 14.6. The van der Waals surface area contributed by atoms with Crippen molar-refractivity contribution in [3.8, 4) is 46.6 Å². The summed E-state index contributed by atoms with van der Waals surface area (Å²) in [7, 11) is 3.04. The van der Waals surface area contributed by atoms with E-state index in [4.69, 9.17) is 28.4 Å². The van der Waals surface area contributed by atoms with E-state index in [9.17, 15) is 10.5 Å². The molecule has 182 valence electrons. The van der Waals surface area contributed by atoms with Crippen LogP contribution >= 0.6 is 22.7 Å². The lowest BCUT2D eigenvalue weighted by molar-refractivity contribution is 0.173. The van der Waals surface area contributed by atoms with E-state index in [0.717, 1.165) is 9.75 Å². The fourth-order valence-corrected chi connectivity index (χ4v) is 5.61. The van der Waals surface area contributed by atoms with Crippen LogP contribution in [0.2, 0.25) is 0 Å². The molecule has 2 aliphatic rings. The zero-order valence-corrected chi connectivity index (χ0v) is 21.1. The van der Waals surface area contributed by atoms with Crippen LogP contribution in [0.4, 0.5) is 0 Å². The summed E-state index contributed by atoms with van der Waals surface area (Å²) in [5.74, 6) is 3.45. The van der Waals surface area contributed by atoms with Gasteiger partial charge in [0, 0.05) is 21.9 Å². The molecule has 3 aromatic rings. The van der Waals surface area contributed by atoms with E-state index >= 15 is 0 Å². The minimum Gasteiger partial charge on any atom is -0.496 e. The van der Waals surface area contributed by atoms with Crippen molar-refractivity contribution in [1.29, 1.82) is 10.5 Å². The molecule has 0 radical (unpaired) electrons. The van der Waals surface area contributed by atoms with Gasteiger partial charge in [0.1, 0.15) is 37.9 Å². The second-order valence-electron chi connectivity index (χ2n) is 7.57. The topological polar surface area (TPSA) is 103 Å². The van der Waals surface area contributed by atoms with E-state index in [1.165, 1.54) is 36.9 Å². The van der Waals surface area contributed by atoms with E-state index < -0.39 is 0 Å². The molecule has 0 unspecified atom stereocenters. The van der Waals surface area contributed by atoms with Crippen LogP contribution < -0.4 is 28.4 Å². The lowest BCUT2D eigenvalue weighted by atomic mass is 9.97. The SMILES string of the molecule is COc1cc(/C(C#N)=C/c2scc3c2OCCO3)c(OC)cc1/C(C#N)=C/c1scc2c1OCCO2. The summed E-state index contributed by atoms with van der Waals surface area (Å²) in [6, 6.07) is 7.91. The number of fused-ring (bicyclic) bond motifs is 2. The zero-order valence-electron chi connectivity index (χ0n) is 19.5. The predicted molar refractivity (Wildman–Crippen MR) is 137 cm³/mol. The number of rotatable bonds is 6. The number of benzene rings is 1. The second-order valence-corrected chi connectivity index (χ2v) is 9.40. The number of hydrogen-bond acceptors (Lipinski definition) is 10. The van der Waals surface area contributed by atoms with Crippen molar-refractivity contribution in [3.05, 3.63) is 43.8 Å². The van der Waals surface area contributed by atoms with Gasteiger partial charge in [-0.2, -0.15) is 10.5 Å². The molecule has 4 heterocycles. The molecule has 8 nitrogen and oxygen atoms in total. The van der Waals surface area contributed by atoms with Gasteiger partial charge in [-0.25, -0.2) is 0 Å². The van der Waals surface area contributed by atoms with Gasteiger partial charge in [-0.15, -0.1) is 22.7 Å². The molecule has 0 saturated heterocycles. The molecule has 2 aromatic heterocycles. The van der Waals surface area contributed by atoms with Gasteiger partial charge in [-0.3, -0.25) is 0 Å². The quantitative estimate of drug-likeness (QED) is 0.393. The minimum absolute atomic E-state index is 0.357. The summed E-state index contributed by atoms with van der Waals surface area (Å²) in [5, 5.41) is 23.7. The first-order valence-electron chi connectivity index (χ1n) is 10.9. The number of nitriles is 2. The largest absolute Gasteiger partial charge is 0.496 e. The number of hydrogen-bond donors (Lipinski definition) is 0. The molecule has 0 atom stereocenters. The molecule has 0 saturated carbocycles. The monoisotopic (exact) mass is 520 g/mol. The van der Waals surface area contributed by atoms with Crippen LogP contribution in [0.15, 0.2) is 22.9 Å². The Morgan fingerprint density at radius 1 is 0.750 bits per heavy atom. The third-order valence-corrected chi connectivity index (χ3v) is 7.33. The van der Waals surface area contributed by atoms with Crippen LogP contribution in [0.1, 0.15) is 20.9 Å². The number of allylic oxidation sites excluding steroid dienone is 2. The Balaban J connectivity index is 1.58. The smallest absolute Gasteiger partial charge is 0.179 e. The second kappa shape index (κ2) is 10.2. The number of thiophene rings is 2. The maximum atomic E-state index is 10.0. The van der Waals surface area contributed by atoms with E-state index in [0.29, 0.717) is 83.2 Å². The van der Waals surface area contributed by atoms with Gasteiger partial charge in [0.2, 0.25) is 0 Å². The van der Waals surface area contributed by atoms with E-state index in [2.05, 4.69) is 12.1 Å². The maximum absolute atomic E-state index is 10.0. The van der Waals surface area contributed by atoms with Gasteiger partial charge < -0.3 is 28.4 Å². The van der Waals surface area contributed by atoms with Gasteiger partial charge in [0.05, 0.1) is 47.3 Å². The summed E-state index contributed by atoms with van der Waals surface area (Å²) in [6.07, 6.45) is 3.48. The van der Waals surface area contributed by atoms with Crippen LogP contribution in [-0.4, -0.2) is 40.6 Å². The molecule has 0 spiro atoms. The molecule has 0 aliphatic carbocycles. The Morgan fingerprint density at radius 2 is 1.17 bits per heavy atom. The van der Waals surface area contributed by atoms with Crippen molar-refractivity contribution < 1.29 is 28.4 Å². The molecular formula is C26H20N2O6S2. The first-order valence-corrected chi connectivity index (χ1v) is 12.7. The van der Waals surface area contributed by atoms with Gasteiger partial charge in [-0.05, 0) is 24.3 Å². The lowest BCUT2D eigenvalue weighted by Crippen LogP contribution is -2.14. The van der Waals surface area contributed by atoms with E-state index in [1.54, 1.807) is 24.3 Å². The standard InChI is InChI=1S/C26H20N2O6S2/c1-29-19-9-18(16(12-28)8-24-26-22(14-36-24)32-4-6-34-26)20(30-2)10-17(19)15(11-27)7-23-25-21(13-35-23)31-3-5-33-25/h7-10,13-14H,3-6H2,1-2H3/b15-7+,16-8+. The number of ether oxygens (including phenoxy) is 6. The Labute approximate surface area is 215 Å². The first-order chi connectivity index (χ1) is 17.7. The average molecular weight is 521 g/mol. The van der Waals surface area contributed by atoms with Gasteiger partial charge >= 0.3 is 0 Å². The molecule has 0 bridgehead atoms. The molecule has 1 aromatic carbocycles. The first kappa shape index (κ1) is 23.6. The van der Waals surface area contributed by atoms with Gasteiger partial charge in [0.25, 0.3) is 0 Å². The highest BCUT2D eigenvalue weighted by molar-refractivity contribution is 7.12. The van der Waals surface area contributed by atoms with Crippen LogP contribution in [0, 0.1) is 22.7 Å². The molecular weight excluding hydrogens is 500 g/mol. The van der Waals surface area contributed by atoms with Crippen LogP contribution in [0.5, 0.6) is 34.5 Å². The van der Waals surface area contributed by atoms with Crippen molar-refractivity contribution in [2.45, 2.75) is 0 Å². The number of nitrogens with zero attached hydrogens (tertiary/aromatic N) is 2. The molecule has 5 rings (SSSR count).